The molecule has 1 atom stereocenters. The van der Waals surface area contributed by atoms with E-state index in [1.165, 1.54) is 19.3 Å². The van der Waals surface area contributed by atoms with Crippen LogP contribution in [0.3, 0.4) is 0 Å². The van der Waals surface area contributed by atoms with Crippen molar-refractivity contribution in [3.63, 3.8) is 0 Å². The van der Waals surface area contributed by atoms with Gasteiger partial charge in [0.15, 0.2) is 5.76 Å². The van der Waals surface area contributed by atoms with Crippen molar-refractivity contribution in [1.29, 1.82) is 0 Å². The summed E-state index contributed by atoms with van der Waals surface area (Å²) in [6, 6.07) is 10.7. The van der Waals surface area contributed by atoms with Gasteiger partial charge in [0.2, 0.25) is 5.91 Å². The molecule has 1 heterocycles. The molecule has 6 nitrogen and oxygen atoms in total. The van der Waals surface area contributed by atoms with Crippen LogP contribution in [0.25, 0.3) is 11.3 Å². The van der Waals surface area contributed by atoms with Crippen molar-refractivity contribution in [2.24, 2.45) is 23.2 Å². The maximum atomic E-state index is 13.1. The highest BCUT2D eigenvalue weighted by Gasteiger charge is 2.54. The molecule has 4 aliphatic rings. The molecule has 158 valence electrons. The van der Waals surface area contributed by atoms with E-state index in [9.17, 15) is 9.59 Å². The van der Waals surface area contributed by atoms with Crippen molar-refractivity contribution in [3.8, 4) is 11.3 Å². The fourth-order valence-corrected chi connectivity index (χ4v) is 6.19. The highest BCUT2D eigenvalue weighted by atomic mass is 16.5. The largest absolute Gasteiger partial charge is 0.458 e. The van der Waals surface area contributed by atoms with Crippen LogP contribution in [0.2, 0.25) is 0 Å². The number of amides is 1. The molecule has 4 fully saturated rings. The highest BCUT2D eigenvalue weighted by Crippen LogP contribution is 2.60. The van der Waals surface area contributed by atoms with Crippen molar-refractivity contribution in [2.45, 2.75) is 58.1 Å². The lowest BCUT2D eigenvalue weighted by molar-refractivity contribution is -0.154. The third-order valence-electron chi connectivity index (χ3n) is 7.20. The summed E-state index contributed by atoms with van der Waals surface area (Å²) < 4.78 is 10.7. The van der Waals surface area contributed by atoms with Gasteiger partial charge in [-0.25, -0.2) is 4.79 Å². The number of benzene rings is 1. The summed E-state index contributed by atoms with van der Waals surface area (Å²) >= 11 is 0. The van der Waals surface area contributed by atoms with Crippen molar-refractivity contribution in [3.05, 3.63) is 42.1 Å². The Balaban J connectivity index is 1.15. The number of esters is 1. The molecule has 6 rings (SSSR count). The van der Waals surface area contributed by atoms with E-state index in [0.717, 1.165) is 24.8 Å². The minimum atomic E-state index is -0.675. The zero-order valence-electron chi connectivity index (χ0n) is 17.3. The minimum absolute atomic E-state index is 0.0206. The molecular formula is C24H28N2O4. The summed E-state index contributed by atoms with van der Waals surface area (Å²) in [7, 11) is 0. The third-order valence-corrected chi connectivity index (χ3v) is 7.20. The summed E-state index contributed by atoms with van der Waals surface area (Å²) in [5, 5.41) is 6.92. The molecule has 1 N–H and O–H groups in total. The first kappa shape index (κ1) is 19.3. The number of hydrogen-bond acceptors (Lipinski definition) is 5. The summed E-state index contributed by atoms with van der Waals surface area (Å²) in [6.07, 6.45) is 6.79. The van der Waals surface area contributed by atoms with Gasteiger partial charge in [-0.3, -0.25) is 4.79 Å². The Hall–Kier alpha value is -2.63. The Labute approximate surface area is 176 Å². The van der Waals surface area contributed by atoms with Gasteiger partial charge in [0, 0.05) is 17.0 Å². The van der Waals surface area contributed by atoms with E-state index in [1.807, 2.05) is 30.3 Å². The first-order valence-corrected chi connectivity index (χ1v) is 11.0. The maximum absolute atomic E-state index is 13.1. The zero-order valence-corrected chi connectivity index (χ0v) is 17.3. The first-order valence-electron chi connectivity index (χ1n) is 11.0. The number of rotatable bonds is 6. The zero-order chi connectivity index (χ0) is 20.7. The first-order chi connectivity index (χ1) is 14.5. The van der Waals surface area contributed by atoms with Gasteiger partial charge < -0.3 is 14.6 Å². The van der Waals surface area contributed by atoms with Gasteiger partial charge in [-0.15, -0.1) is 0 Å². The number of nitrogens with one attached hydrogen (secondary N) is 1. The highest BCUT2D eigenvalue weighted by molar-refractivity contribution is 5.88. The monoisotopic (exact) mass is 408 g/mol. The molecule has 4 aliphatic carbocycles. The van der Waals surface area contributed by atoms with E-state index in [1.54, 1.807) is 13.0 Å². The SMILES string of the molecule is C[C@H](NC(=O)C12CC3CC(CC(C3)C1)C2)C(=O)OCc1cc(-c2ccccc2)on1. The number of carbonyl (C=O) groups is 2. The molecule has 1 amide bonds. The smallest absolute Gasteiger partial charge is 0.328 e. The number of nitrogens with zero attached hydrogens (tertiary/aromatic N) is 1. The normalized spacial score (nSPS) is 30.1. The van der Waals surface area contributed by atoms with Crippen LogP contribution in [-0.2, 0) is 20.9 Å². The lowest BCUT2D eigenvalue weighted by Gasteiger charge is -2.55. The van der Waals surface area contributed by atoms with Crippen LogP contribution < -0.4 is 5.32 Å². The van der Waals surface area contributed by atoms with Crippen LogP contribution in [0.1, 0.15) is 51.1 Å². The molecule has 1 aromatic heterocycles. The fraction of sp³-hybridized carbons (Fsp3) is 0.542. The molecule has 30 heavy (non-hydrogen) atoms. The Bertz CT molecular complexity index is 900. The molecule has 0 spiro atoms. The number of carbonyl (C=O) groups excluding carboxylic acids is 2. The second kappa shape index (κ2) is 7.56. The van der Waals surface area contributed by atoms with E-state index in [-0.39, 0.29) is 17.9 Å². The van der Waals surface area contributed by atoms with E-state index in [4.69, 9.17) is 9.26 Å². The average molecular weight is 408 g/mol. The second-order valence-electron chi connectivity index (χ2n) is 9.55. The summed E-state index contributed by atoms with van der Waals surface area (Å²) in [5.74, 6) is 2.29. The van der Waals surface area contributed by atoms with Crippen LogP contribution in [0.5, 0.6) is 0 Å². The predicted octanol–water partition coefficient (Wildman–Crippen LogP) is 4.11. The molecule has 0 radical (unpaired) electrons. The van der Waals surface area contributed by atoms with Gasteiger partial charge in [0.1, 0.15) is 18.3 Å². The number of aromatic nitrogens is 1. The van der Waals surface area contributed by atoms with Crippen LogP contribution >= 0.6 is 0 Å². The molecule has 0 saturated heterocycles. The van der Waals surface area contributed by atoms with Crippen LogP contribution in [0.4, 0.5) is 0 Å². The molecule has 0 unspecified atom stereocenters. The Morgan fingerprint density at radius 3 is 2.40 bits per heavy atom. The summed E-state index contributed by atoms with van der Waals surface area (Å²) in [6.45, 7) is 1.71. The van der Waals surface area contributed by atoms with Gasteiger partial charge in [0.05, 0.1) is 0 Å². The quantitative estimate of drug-likeness (QED) is 0.728. The molecule has 4 bridgehead atoms. The van der Waals surface area contributed by atoms with Gasteiger partial charge in [-0.05, 0) is 63.2 Å². The van der Waals surface area contributed by atoms with Crippen molar-refractivity contribution < 1.29 is 18.8 Å². The lowest BCUT2D eigenvalue weighted by atomic mass is 9.49. The molecule has 4 saturated carbocycles. The molecule has 2 aromatic rings. The van der Waals surface area contributed by atoms with Crippen LogP contribution in [0, 0.1) is 23.2 Å². The maximum Gasteiger partial charge on any atom is 0.328 e. The Kier molecular flexibility index (Phi) is 4.88. The average Bonchev–Trinajstić information content (AvgIpc) is 3.20. The third kappa shape index (κ3) is 3.64. The molecule has 6 heteroatoms. The lowest BCUT2D eigenvalue weighted by Crippen LogP contribution is -2.55. The number of hydrogen-bond donors (Lipinski definition) is 1. The van der Waals surface area contributed by atoms with E-state index in [2.05, 4.69) is 10.5 Å². The standard InChI is InChI=1S/C24H28N2O4/c1-15(25-23(28)24-11-16-7-17(12-24)9-18(8-16)13-24)22(27)29-14-20-10-21(30-26-20)19-5-3-2-4-6-19/h2-6,10,15-18H,7-9,11-14H2,1H3,(H,25,28)/t15-,16?,17?,18?,24?/m0/s1. The van der Waals surface area contributed by atoms with Crippen LogP contribution in [0.15, 0.2) is 40.9 Å². The van der Waals surface area contributed by atoms with Gasteiger partial charge in [-0.2, -0.15) is 0 Å². The predicted molar refractivity (Wildman–Crippen MR) is 110 cm³/mol. The fourth-order valence-electron chi connectivity index (χ4n) is 6.19. The van der Waals surface area contributed by atoms with Crippen molar-refractivity contribution in [1.82, 2.24) is 10.5 Å². The topological polar surface area (TPSA) is 81.4 Å². The second-order valence-corrected chi connectivity index (χ2v) is 9.55. The summed E-state index contributed by atoms with van der Waals surface area (Å²) in [5.41, 5.74) is 1.19. The summed E-state index contributed by atoms with van der Waals surface area (Å²) in [4.78, 5) is 25.6. The van der Waals surface area contributed by atoms with E-state index < -0.39 is 12.0 Å². The van der Waals surface area contributed by atoms with Crippen molar-refractivity contribution in [2.75, 3.05) is 0 Å². The van der Waals surface area contributed by atoms with Crippen molar-refractivity contribution >= 4 is 11.9 Å². The van der Waals surface area contributed by atoms with E-state index in [0.29, 0.717) is 29.2 Å². The van der Waals surface area contributed by atoms with Gasteiger partial charge in [-0.1, -0.05) is 35.5 Å². The minimum Gasteiger partial charge on any atom is -0.458 e. The Morgan fingerprint density at radius 1 is 1.13 bits per heavy atom. The van der Waals surface area contributed by atoms with Gasteiger partial charge >= 0.3 is 5.97 Å². The van der Waals surface area contributed by atoms with Gasteiger partial charge in [0.25, 0.3) is 0 Å². The molecule has 1 aromatic carbocycles. The Morgan fingerprint density at radius 2 is 1.77 bits per heavy atom. The van der Waals surface area contributed by atoms with Crippen LogP contribution in [-0.4, -0.2) is 23.1 Å². The number of ether oxygens (including phenoxy) is 1. The van der Waals surface area contributed by atoms with E-state index >= 15 is 0 Å². The molecule has 0 aliphatic heterocycles. The molecular weight excluding hydrogens is 380 g/mol.